The molecule has 2 saturated carbocycles. The van der Waals surface area contributed by atoms with Crippen molar-refractivity contribution >= 4 is 9.24 Å². The van der Waals surface area contributed by atoms with Crippen LogP contribution in [0.1, 0.15) is 107 Å². The summed E-state index contributed by atoms with van der Waals surface area (Å²) in [5, 5.41) is 0. The van der Waals surface area contributed by atoms with Crippen molar-refractivity contribution in [3.8, 4) is 5.75 Å². The molecule has 1 aromatic rings. The van der Waals surface area contributed by atoms with Crippen LogP contribution in [0.5, 0.6) is 5.75 Å². The minimum atomic E-state index is -0.149. The Kier molecular flexibility index (Phi) is 17.5. The Bertz CT molecular complexity index is 557. The molecule has 2 bridgehead atoms. The van der Waals surface area contributed by atoms with Gasteiger partial charge in [0.25, 0.3) is 0 Å². The van der Waals surface area contributed by atoms with E-state index in [1.807, 2.05) is 27.7 Å². The molecule has 0 heterocycles. The molecule has 7 atom stereocenters. The van der Waals surface area contributed by atoms with Crippen molar-refractivity contribution in [3.63, 3.8) is 0 Å². The van der Waals surface area contributed by atoms with Crippen LogP contribution in [0.4, 0.5) is 0 Å². The van der Waals surface area contributed by atoms with E-state index in [1.165, 1.54) is 37.7 Å². The van der Waals surface area contributed by atoms with Crippen LogP contribution in [0.25, 0.3) is 0 Å². The number of hydrogen-bond donors (Lipinski definition) is 0. The maximum atomic E-state index is 6.57. The molecule has 32 heavy (non-hydrogen) atoms. The zero-order valence-corrected chi connectivity index (χ0v) is 24.1. The lowest BCUT2D eigenvalue weighted by atomic mass is 9.75. The number of ether oxygens (including phenoxy) is 2. The maximum Gasteiger partial charge on any atom is 0.202 e. The van der Waals surface area contributed by atoms with Gasteiger partial charge in [0.2, 0.25) is 6.29 Å². The Labute approximate surface area is 203 Å². The zero-order valence-electron chi connectivity index (χ0n) is 23.0. The first-order chi connectivity index (χ1) is 15.5. The Morgan fingerprint density at radius 3 is 1.84 bits per heavy atom. The lowest BCUT2D eigenvalue weighted by Crippen LogP contribution is -2.38. The van der Waals surface area contributed by atoms with Crippen LogP contribution in [0.2, 0.25) is 0 Å². The second-order valence-corrected chi connectivity index (χ2v) is 9.41. The number of rotatable bonds is 8. The number of fused-ring (bicyclic) bond motifs is 2. The summed E-state index contributed by atoms with van der Waals surface area (Å²) >= 11 is 0. The van der Waals surface area contributed by atoms with Gasteiger partial charge in [-0.05, 0) is 60.4 Å². The van der Waals surface area contributed by atoms with E-state index in [4.69, 9.17) is 9.47 Å². The second kappa shape index (κ2) is 17.8. The molecule has 0 N–H and O–H groups in total. The first-order valence-electron chi connectivity index (χ1n) is 13.6. The van der Waals surface area contributed by atoms with Crippen molar-refractivity contribution in [3.05, 3.63) is 29.8 Å². The normalized spacial score (nSPS) is 26.2. The van der Waals surface area contributed by atoms with Gasteiger partial charge >= 0.3 is 0 Å². The zero-order chi connectivity index (χ0) is 24.7. The predicted octanol–water partition coefficient (Wildman–Crippen LogP) is 9.37. The lowest BCUT2D eigenvalue weighted by Gasteiger charge is -2.37. The molecule has 0 aliphatic heterocycles. The van der Waals surface area contributed by atoms with Crippen molar-refractivity contribution in [2.45, 2.75) is 120 Å². The van der Waals surface area contributed by atoms with Crippen LogP contribution in [0.15, 0.2) is 24.3 Å². The van der Waals surface area contributed by atoms with Crippen molar-refractivity contribution < 1.29 is 9.47 Å². The smallest absolute Gasteiger partial charge is 0.202 e. The quantitative estimate of drug-likeness (QED) is 0.280. The highest BCUT2D eigenvalue weighted by molar-refractivity contribution is 7.15. The first kappa shape index (κ1) is 31.4. The van der Waals surface area contributed by atoms with Crippen LogP contribution in [-0.2, 0) is 10.9 Å². The van der Waals surface area contributed by atoms with E-state index < -0.39 is 0 Å². The molecular formula is C29H55O2P. The fraction of sp³-hybridized carbons (Fsp3) is 0.793. The molecule has 0 aromatic heterocycles. The summed E-state index contributed by atoms with van der Waals surface area (Å²) in [4.78, 5) is 0. The SMILES string of the molecule is CC.CC.CCC.CCC1C2CC(OC(Oc3ccc(CP)cc3)C(C)C)C(C2)C1CC. The highest BCUT2D eigenvalue weighted by Gasteiger charge is 2.52. The van der Waals surface area contributed by atoms with Crippen LogP contribution in [-0.4, -0.2) is 12.4 Å². The summed E-state index contributed by atoms with van der Waals surface area (Å²) < 4.78 is 12.8. The molecule has 0 spiro atoms. The van der Waals surface area contributed by atoms with Gasteiger partial charge in [-0.15, -0.1) is 9.24 Å². The predicted molar refractivity (Wildman–Crippen MR) is 146 cm³/mol. The molecule has 3 rings (SSSR count). The summed E-state index contributed by atoms with van der Waals surface area (Å²) in [6.45, 7) is 21.4. The van der Waals surface area contributed by atoms with Gasteiger partial charge in [-0.2, -0.15) is 0 Å². The van der Waals surface area contributed by atoms with Gasteiger partial charge in [0, 0.05) is 5.92 Å². The average molecular weight is 467 g/mol. The fourth-order valence-electron chi connectivity index (χ4n) is 5.27. The van der Waals surface area contributed by atoms with Gasteiger partial charge in [0.1, 0.15) is 5.75 Å². The average Bonchev–Trinajstić information content (AvgIpc) is 3.39. The Morgan fingerprint density at radius 2 is 1.41 bits per heavy atom. The van der Waals surface area contributed by atoms with Crippen molar-refractivity contribution in [1.82, 2.24) is 0 Å². The van der Waals surface area contributed by atoms with Crippen LogP contribution >= 0.6 is 9.24 Å². The topological polar surface area (TPSA) is 18.5 Å². The first-order valence-corrected chi connectivity index (χ1v) is 14.4. The molecule has 2 aliphatic carbocycles. The number of benzene rings is 1. The highest BCUT2D eigenvalue weighted by Crippen LogP contribution is 2.55. The summed E-state index contributed by atoms with van der Waals surface area (Å²) in [7, 11) is 2.76. The maximum absolute atomic E-state index is 6.57. The van der Waals surface area contributed by atoms with Gasteiger partial charge in [-0.3, -0.25) is 0 Å². The van der Waals surface area contributed by atoms with Crippen molar-refractivity contribution in [2.24, 2.45) is 29.6 Å². The third-order valence-electron chi connectivity index (χ3n) is 6.50. The van der Waals surface area contributed by atoms with Gasteiger partial charge in [-0.25, -0.2) is 0 Å². The standard InChI is InChI=1S/C22H35O2P.C3H8.2C2H6/c1-5-18-16-11-20(19(18)6-2)21(12-16)24-22(14(3)4)23-17-9-7-15(13-25)8-10-17;1-3-2;2*1-2/h7-10,14,16,18-22H,5-6,11-13,25H2,1-4H3;3H2,1-2H3;2*1-2H3. The van der Waals surface area contributed by atoms with E-state index in [0.717, 1.165) is 35.6 Å². The third-order valence-corrected chi connectivity index (χ3v) is 6.97. The molecule has 2 aliphatic rings. The summed E-state index contributed by atoms with van der Waals surface area (Å²) in [5.74, 6) is 4.66. The Morgan fingerprint density at radius 1 is 0.875 bits per heavy atom. The molecular weight excluding hydrogens is 411 g/mol. The molecule has 0 saturated heterocycles. The van der Waals surface area contributed by atoms with Crippen LogP contribution < -0.4 is 4.74 Å². The minimum absolute atomic E-state index is 0.149. The molecule has 7 unspecified atom stereocenters. The van der Waals surface area contributed by atoms with E-state index in [1.54, 1.807) is 0 Å². The van der Waals surface area contributed by atoms with Crippen molar-refractivity contribution in [1.29, 1.82) is 0 Å². The summed E-state index contributed by atoms with van der Waals surface area (Å²) in [5.41, 5.74) is 1.31. The molecule has 0 amide bonds. The van der Waals surface area contributed by atoms with Crippen LogP contribution in [0.3, 0.4) is 0 Å². The van der Waals surface area contributed by atoms with Gasteiger partial charge < -0.3 is 9.47 Å². The van der Waals surface area contributed by atoms with Crippen molar-refractivity contribution in [2.75, 3.05) is 0 Å². The highest BCUT2D eigenvalue weighted by atomic mass is 31.0. The molecule has 1 aromatic carbocycles. The molecule has 188 valence electrons. The van der Waals surface area contributed by atoms with E-state index in [2.05, 4.69) is 75.0 Å². The van der Waals surface area contributed by atoms with E-state index in [0.29, 0.717) is 12.0 Å². The van der Waals surface area contributed by atoms with E-state index in [-0.39, 0.29) is 6.29 Å². The van der Waals surface area contributed by atoms with Gasteiger partial charge in [0.15, 0.2) is 0 Å². The Balaban J connectivity index is 0.00000124. The molecule has 2 nitrogen and oxygen atoms in total. The van der Waals surface area contributed by atoms with Gasteiger partial charge in [-0.1, -0.05) is 101 Å². The largest absolute Gasteiger partial charge is 0.465 e. The molecule has 2 fully saturated rings. The molecule has 0 radical (unpaired) electrons. The summed E-state index contributed by atoms with van der Waals surface area (Å²) in [6, 6.07) is 8.41. The Hall–Kier alpha value is -0.590. The van der Waals surface area contributed by atoms with E-state index in [9.17, 15) is 0 Å². The minimum Gasteiger partial charge on any atom is -0.465 e. The second-order valence-electron chi connectivity index (χ2n) is 9.00. The van der Waals surface area contributed by atoms with Crippen LogP contribution in [0, 0.1) is 29.6 Å². The third kappa shape index (κ3) is 8.98. The van der Waals surface area contributed by atoms with Gasteiger partial charge in [0.05, 0.1) is 6.10 Å². The monoisotopic (exact) mass is 466 g/mol. The number of hydrogen-bond acceptors (Lipinski definition) is 2. The summed E-state index contributed by atoms with van der Waals surface area (Å²) in [6.07, 6.45) is 7.70. The van der Waals surface area contributed by atoms with E-state index >= 15 is 0 Å². The molecule has 3 heteroatoms. The lowest BCUT2D eigenvalue weighted by molar-refractivity contribution is -0.164. The fourth-order valence-corrected chi connectivity index (χ4v) is 5.54.